The highest BCUT2D eigenvalue weighted by molar-refractivity contribution is 9.10. The first-order valence-electron chi connectivity index (χ1n) is 4.84. The maximum Gasteiger partial charge on any atom is 0.128 e. The molecule has 0 radical (unpaired) electrons. The molecule has 0 saturated carbocycles. The predicted octanol–water partition coefficient (Wildman–Crippen LogP) is 4.01. The van der Waals surface area contributed by atoms with Gasteiger partial charge in [0.05, 0.1) is 6.04 Å². The van der Waals surface area contributed by atoms with E-state index in [1.54, 1.807) is 23.5 Å². The van der Waals surface area contributed by atoms with Gasteiger partial charge < -0.3 is 5.73 Å². The van der Waals surface area contributed by atoms with Gasteiger partial charge in [-0.3, -0.25) is 0 Å². The molecule has 1 unspecified atom stereocenters. The molecule has 2 rings (SSSR count). The minimum absolute atomic E-state index is 0.263. The Hall–Kier alpha value is -0.710. The Labute approximate surface area is 106 Å². The average Bonchev–Trinajstić information content (AvgIpc) is 2.67. The molecule has 0 spiro atoms. The quantitative estimate of drug-likeness (QED) is 0.891. The number of nitrogens with two attached hydrogens (primary N) is 1. The Morgan fingerprint density at radius 2 is 2.06 bits per heavy atom. The molecule has 1 atom stereocenters. The van der Waals surface area contributed by atoms with Gasteiger partial charge >= 0.3 is 0 Å². The van der Waals surface area contributed by atoms with Gasteiger partial charge in [0.1, 0.15) is 5.82 Å². The van der Waals surface area contributed by atoms with Gasteiger partial charge in [0, 0.05) is 14.9 Å². The van der Waals surface area contributed by atoms with E-state index in [2.05, 4.69) is 15.9 Å². The van der Waals surface area contributed by atoms with E-state index in [1.807, 2.05) is 18.4 Å². The molecule has 2 N–H and O–H groups in total. The van der Waals surface area contributed by atoms with Crippen molar-refractivity contribution in [1.29, 1.82) is 0 Å². The second kappa shape index (κ2) is 4.65. The minimum Gasteiger partial charge on any atom is -0.320 e. The molecule has 0 amide bonds. The lowest BCUT2D eigenvalue weighted by atomic mass is 10.00. The van der Waals surface area contributed by atoms with Crippen molar-refractivity contribution < 1.29 is 4.39 Å². The maximum atomic E-state index is 13.6. The summed E-state index contributed by atoms with van der Waals surface area (Å²) in [5.74, 6) is -0.263. The van der Waals surface area contributed by atoms with Crippen molar-refractivity contribution >= 4 is 27.3 Å². The van der Waals surface area contributed by atoms with Crippen LogP contribution in [0.15, 0.2) is 34.1 Å². The van der Waals surface area contributed by atoms with Crippen molar-refractivity contribution in [3.63, 3.8) is 0 Å². The first kappa shape index (κ1) is 11.8. The van der Waals surface area contributed by atoms with E-state index in [4.69, 9.17) is 5.73 Å². The summed E-state index contributed by atoms with van der Waals surface area (Å²) in [6, 6.07) is 6.39. The summed E-state index contributed by atoms with van der Waals surface area (Å²) in [4.78, 5) is 1.13. The number of halogens is 2. The largest absolute Gasteiger partial charge is 0.320 e. The van der Waals surface area contributed by atoms with E-state index < -0.39 is 6.04 Å². The summed E-state index contributed by atoms with van der Waals surface area (Å²) in [7, 11) is 0. The molecule has 0 fully saturated rings. The Morgan fingerprint density at radius 3 is 2.69 bits per heavy atom. The summed E-state index contributed by atoms with van der Waals surface area (Å²) in [6.07, 6.45) is 0. The minimum atomic E-state index is -0.399. The molecule has 1 aromatic carbocycles. The molecular weight excluding hydrogens is 289 g/mol. The lowest BCUT2D eigenvalue weighted by Crippen LogP contribution is -2.13. The van der Waals surface area contributed by atoms with Crippen molar-refractivity contribution in [3.8, 4) is 0 Å². The zero-order valence-corrected chi connectivity index (χ0v) is 11.1. The van der Waals surface area contributed by atoms with E-state index in [0.717, 1.165) is 14.9 Å². The Balaban J connectivity index is 2.45. The van der Waals surface area contributed by atoms with E-state index in [1.165, 1.54) is 6.07 Å². The smallest absolute Gasteiger partial charge is 0.128 e. The number of aryl methyl sites for hydroxylation is 1. The molecule has 0 aliphatic rings. The fourth-order valence-electron chi connectivity index (χ4n) is 1.64. The molecule has 84 valence electrons. The summed E-state index contributed by atoms with van der Waals surface area (Å²) in [5.41, 5.74) is 7.59. The van der Waals surface area contributed by atoms with Gasteiger partial charge in [-0.05, 0) is 42.1 Å². The topological polar surface area (TPSA) is 26.0 Å². The number of thiophene rings is 1. The standard InChI is InChI=1S/C12H11BrFNS/c1-7-9(4-5-16-7)12(15)10-6-8(13)2-3-11(10)14/h2-6,12H,15H2,1H3. The number of hydrogen-bond acceptors (Lipinski definition) is 2. The molecule has 16 heavy (non-hydrogen) atoms. The summed E-state index contributed by atoms with van der Waals surface area (Å²) in [5, 5.41) is 1.97. The summed E-state index contributed by atoms with van der Waals surface area (Å²) >= 11 is 4.95. The second-order valence-corrected chi connectivity index (χ2v) is 5.61. The van der Waals surface area contributed by atoms with Crippen molar-refractivity contribution in [2.45, 2.75) is 13.0 Å². The Kier molecular flexibility index (Phi) is 3.42. The van der Waals surface area contributed by atoms with E-state index in [0.29, 0.717) is 5.56 Å². The second-order valence-electron chi connectivity index (χ2n) is 3.58. The van der Waals surface area contributed by atoms with E-state index in [-0.39, 0.29) is 5.82 Å². The Morgan fingerprint density at radius 1 is 1.31 bits per heavy atom. The zero-order valence-electron chi connectivity index (χ0n) is 8.71. The van der Waals surface area contributed by atoms with Crippen LogP contribution in [0.3, 0.4) is 0 Å². The first-order chi connectivity index (χ1) is 7.59. The predicted molar refractivity (Wildman–Crippen MR) is 69.2 cm³/mol. The number of rotatable bonds is 2. The third kappa shape index (κ3) is 2.19. The van der Waals surface area contributed by atoms with Crippen LogP contribution in [0.2, 0.25) is 0 Å². The SMILES string of the molecule is Cc1sccc1C(N)c1cc(Br)ccc1F. The summed E-state index contributed by atoms with van der Waals surface area (Å²) < 4.78 is 14.5. The highest BCUT2D eigenvalue weighted by atomic mass is 79.9. The number of benzene rings is 1. The van der Waals surface area contributed by atoms with Crippen LogP contribution in [0, 0.1) is 12.7 Å². The van der Waals surface area contributed by atoms with Gasteiger partial charge in [0.2, 0.25) is 0 Å². The van der Waals surface area contributed by atoms with Crippen molar-refractivity contribution in [2.75, 3.05) is 0 Å². The van der Waals surface area contributed by atoms with Crippen LogP contribution in [-0.2, 0) is 0 Å². The lowest BCUT2D eigenvalue weighted by molar-refractivity contribution is 0.599. The van der Waals surface area contributed by atoms with Gasteiger partial charge in [0.15, 0.2) is 0 Å². The molecule has 1 nitrogen and oxygen atoms in total. The lowest BCUT2D eigenvalue weighted by Gasteiger charge is -2.13. The normalized spacial score (nSPS) is 12.8. The zero-order chi connectivity index (χ0) is 11.7. The molecular formula is C12H11BrFNS. The van der Waals surface area contributed by atoms with Gasteiger partial charge in [0.25, 0.3) is 0 Å². The first-order valence-corrected chi connectivity index (χ1v) is 6.51. The van der Waals surface area contributed by atoms with Crippen molar-refractivity contribution in [2.24, 2.45) is 5.73 Å². The molecule has 0 aliphatic heterocycles. The van der Waals surface area contributed by atoms with Gasteiger partial charge in [-0.25, -0.2) is 4.39 Å². The molecule has 1 aromatic heterocycles. The highest BCUT2D eigenvalue weighted by Crippen LogP contribution is 2.29. The average molecular weight is 300 g/mol. The van der Waals surface area contributed by atoms with E-state index in [9.17, 15) is 4.39 Å². The van der Waals surface area contributed by atoms with Crippen LogP contribution in [-0.4, -0.2) is 0 Å². The van der Waals surface area contributed by atoms with Crippen LogP contribution >= 0.6 is 27.3 Å². The molecule has 1 heterocycles. The third-order valence-corrected chi connectivity index (χ3v) is 3.88. The monoisotopic (exact) mass is 299 g/mol. The van der Waals surface area contributed by atoms with Crippen LogP contribution in [0.1, 0.15) is 22.0 Å². The fourth-order valence-corrected chi connectivity index (χ4v) is 2.77. The molecule has 2 aromatic rings. The molecule has 0 saturated heterocycles. The van der Waals surface area contributed by atoms with Crippen molar-refractivity contribution in [3.05, 3.63) is 55.9 Å². The van der Waals surface area contributed by atoms with Crippen LogP contribution in [0.25, 0.3) is 0 Å². The van der Waals surface area contributed by atoms with Gasteiger partial charge in [-0.15, -0.1) is 11.3 Å². The third-order valence-electron chi connectivity index (χ3n) is 2.53. The summed E-state index contributed by atoms with van der Waals surface area (Å²) in [6.45, 7) is 2.00. The van der Waals surface area contributed by atoms with Crippen LogP contribution in [0.5, 0.6) is 0 Å². The maximum absolute atomic E-state index is 13.6. The van der Waals surface area contributed by atoms with Gasteiger partial charge in [-0.1, -0.05) is 15.9 Å². The fraction of sp³-hybridized carbons (Fsp3) is 0.167. The number of hydrogen-bond donors (Lipinski definition) is 1. The molecule has 0 aliphatic carbocycles. The van der Waals surface area contributed by atoms with E-state index >= 15 is 0 Å². The van der Waals surface area contributed by atoms with Crippen LogP contribution < -0.4 is 5.73 Å². The highest BCUT2D eigenvalue weighted by Gasteiger charge is 2.16. The van der Waals surface area contributed by atoms with Crippen molar-refractivity contribution in [1.82, 2.24) is 0 Å². The van der Waals surface area contributed by atoms with Crippen LogP contribution in [0.4, 0.5) is 4.39 Å². The molecule has 4 heteroatoms. The molecule has 0 bridgehead atoms. The Bertz CT molecular complexity index is 509. The van der Waals surface area contributed by atoms with Gasteiger partial charge in [-0.2, -0.15) is 0 Å².